The molecule has 106 valence electrons. The molecule has 0 bridgehead atoms. The average molecular weight is 338 g/mol. The Labute approximate surface area is 127 Å². The Morgan fingerprint density at radius 1 is 1.25 bits per heavy atom. The molecule has 0 aliphatic carbocycles. The van der Waals surface area contributed by atoms with Gasteiger partial charge in [0.2, 0.25) is 0 Å². The Balaban J connectivity index is 2.15. The smallest absolute Gasteiger partial charge is 0.137 e. The summed E-state index contributed by atoms with van der Waals surface area (Å²) in [5.74, 6) is 0.628. The Hall–Kier alpha value is -1.39. The first kappa shape index (κ1) is 15.0. The summed E-state index contributed by atoms with van der Waals surface area (Å²) in [7, 11) is 1.91. The van der Waals surface area contributed by atoms with Gasteiger partial charge in [0.25, 0.3) is 0 Å². The second-order valence-corrected chi connectivity index (χ2v) is 5.48. The van der Waals surface area contributed by atoms with E-state index in [1.807, 2.05) is 32.2 Å². The van der Waals surface area contributed by atoms with E-state index in [2.05, 4.69) is 21.2 Å². The molecule has 0 atom stereocenters. The second-order valence-electron chi connectivity index (χ2n) is 4.63. The van der Waals surface area contributed by atoms with Gasteiger partial charge in [0.05, 0.1) is 4.47 Å². The van der Waals surface area contributed by atoms with Crippen molar-refractivity contribution in [1.82, 2.24) is 5.32 Å². The molecule has 2 aromatic carbocycles. The lowest BCUT2D eigenvalue weighted by Crippen LogP contribution is -2.08. The third-order valence-corrected chi connectivity index (χ3v) is 3.64. The molecule has 0 aromatic heterocycles. The van der Waals surface area contributed by atoms with E-state index in [0.29, 0.717) is 11.1 Å². The zero-order valence-corrected chi connectivity index (χ0v) is 13.1. The topological polar surface area (TPSA) is 21.3 Å². The van der Waals surface area contributed by atoms with Crippen LogP contribution in [-0.4, -0.2) is 7.05 Å². The average Bonchev–Trinajstić information content (AvgIpc) is 2.42. The fraction of sp³-hybridized carbons (Fsp3) is 0.250. The summed E-state index contributed by atoms with van der Waals surface area (Å²) < 4.78 is 19.6. The number of para-hydroxylation sites is 1. The first-order chi connectivity index (χ1) is 9.61. The molecule has 4 heteroatoms. The predicted octanol–water partition coefficient (Wildman–Crippen LogP) is 4.20. The molecule has 0 aliphatic rings. The first-order valence-electron chi connectivity index (χ1n) is 6.41. The fourth-order valence-electron chi connectivity index (χ4n) is 2.03. The standard InChI is InChI=1S/C16H17BrFNO/c1-11-4-3-5-13(9-19-2)16(11)20-10-12-6-7-15(18)14(17)8-12/h3-8,19H,9-10H2,1-2H3. The van der Waals surface area contributed by atoms with Crippen LogP contribution in [0.2, 0.25) is 0 Å². The molecule has 20 heavy (non-hydrogen) atoms. The zero-order chi connectivity index (χ0) is 14.5. The van der Waals surface area contributed by atoms with Gasteiger partial charge in [-0.05, 0) is 53.2 Å². The van der Waals surface area contributed by atoms with Crippen LogP contribution in [0.1, 0.15) is 16.7 Å². The Morgan fingerprint density at radius 3 is 2.75 bits per heavy atom. The quantitative estimate of drug-likeness (QED) is 0.882. The lowest BCUT2D eigenvalue weighted by Gasteiger charge is -2.14. The summed E-state index contributed by atoms with van der Waals surface area (Å²) in [5, 5.41) is 3.13. The summed E-state index contributed by atoms with van der Waals surface area (Å²) in [6.45, 7) is 3.19. The minimum Gasteiger partial charge on any atom is -0.488 e. The summed E-state index contributed by atoms with van der Waals surface area (Å²) >= 11 is 3.19. The molecule has 0 radical (unpaired) electrons. The van der Waals surface area contributed by atoms with Crippen LogP contribution in [0, 0.1) is 12.7 Å². The molecule has 0 fully saturated rings. The van der Waals surface area contributed by atoms with Crippen molar-refractivity contribution in [2.45, 2.75) is 20.1 Å². The number of benzene rings is 2. The molecule has 0 saturated heterocycles. The molecular formula is C16H17BrFNO. The van der Waals surface area contributed by atoms with Gasteiger partial charge in [0, 0.05) is 12.1 Å². The lowest BCUT2D eigenvalue weighted by atomic mass is 10.1. The number of ether oxygens (including phenoxy) is 1. The third kappa shape index (κ3) is 3.58. The van der Waals surface area contributed by atoms with E-state index in [9.17, 15) is 4.39 Å². The maximum absolute atomic E-state index is 13.2. The van der Waals surface area contributed by atoms with Crippen molar-refractivity contribution >= 4 is 15.9 Å². The summed E-state index contributed by atoms with van der Waals surface area (Å²) in [4.78, 5) is 0. The summed E-state index contributed by atoms with van der Waals surface area (Å²) in [6, 6.07) is 11.0. The van der Waals surface area contributed by atoms with Gasteiger partial charge < -0.3 is 10.1 Å². The Kier molecular flexibility index (Phi) is 5.15. The van der Waals surface area contributed by atoms with Crippen LogP contribution in [0.25, 0.3) is 0 Å². The SMILES string of the molecule is CNCc1cccc(C)c1OCc1ccc(F)c(Br)c1. The lowest BCUT2D eigenvalue weighted by molar-refractivity contribution is 0.300. The zero-order valence-electron chi connectivity index (χ0n) is 11.5. The molecule has 0 saturated carbocycles. The summed E-state index contributed by atoms with van der Waals surface area (Å²) in [5.41, 5.74) is 3.14. The van der Waals surface area contributed by atoms with Gasteiger partial charge in [-0.3, -0.25) is 0 Å². The van der Waals surface area contributed by atoms with Gasteiger partial charge in [-0.25, -0.2) is 4.39 Å². The molecule has 0 aliphatic heterocycles. The highest BCUT2D eigenvalue weighted by Gasteiger charge is 2.07. The minimum atomic E-state index is -0.263. The van der Waals surface area contributed by atoms with E-state index in [0.717, 1.165) is 29.0 Å². The highest BCUT2D eigenvalue weighted by Crippen LogP contribution is 2.25. The number of hydrogen-bond acceptors (Lipinski definition) is 2. The third-order valence-electron chi connectivity index (χ3n) is 3.03. The maximum Gasteiger partial charge on any atom is 0.137 e. The van der Waals surface area contributed by atoms with Crippen LogP contribution in [0.3, 0.4) is 0 Å². The van der Waals surface area contributed by atoms with Crippen LogP contribution in [0.15, 0.2) is 40.9 Å². The number of halogens is 2. The number of hydrogen-bond donors (Lipinski definition) is 1. The van der Waals surface area contributed by atoms with Gasteiger partial charge >= 0.3 is 0 Å². The van der Waals surface area contributed by atoms with Crippen LogP contribution >= 0.6 is 15.9 Å². The number of rotatable bonds is 5. The van der Waals surface area contributed by atoms with Gasteiger partial charge in [-0.2, -0.15) is 0 Å². The largest absolute Gasteiger partial charge is 0.488 e. The molecule has 2 rings (SSSR count). The Bertz CT molecular complexity index is 601. The first-order valence-corrected chi connectivity index (χ1v) is 7.21. The minimum absolute atomic E-state index is 0.263. The van der Waals surface area contributed by atoms with E-state index in [1.165, 1.54) is 6.07 Å². The molecule has 0 amide bonds. The van der Waals surface area contributed by atoms with Crippen LogP contribution in [-0.2, 0) is 13.2 Å². The Morgan fingerprint density at radius 2 is 2.05 bits per heavy atom. The van der Waals surface area contributed by atoms with Crippen LogP contribution in [0.4, 0.5) is 4.39 Å². The highest BCUT2D eigenvalue weighted by molar-refractivity contribution is 9.10. The molecule has 2 aromatic rings. The molecule has 1 N–H and O–H groups in total. The van der Waals surface area contributed by atoms with Crippen molar-refractivity contribution in [3.63, 3.8) is 0 Å². The monoisotopic (exact) mass is 337 g/mol. The van der Waals surface area contributed by atoms with Gasteiger partial charge in [-0.15, -0.1) is 0 Å². The van der Waals surface area contributed by atoms with Gasteiger partial charge in [0.15, 0.2) is 0 Å². The van der Waals surface area contributed by atoms with E-state index >= 15 is 0 Å². The van der Waals surface area contributed by atoms with Crippen LogP contribution < -0.4 is 10.1 Å². The summed E-state index contributed by atoms with van der Waals surface area (Å²) in [6.07, 6.45) is 0. The predicted molar refractivity (Wildman–Crippen MR) is 82.4 cm³/mol. The molecule has 2 nitrogen and oxygen atoms in total. The fourth-order valence-corrected chi connectivity index (χ4v) is 2.46. The van der Waals surface area contributed by atoms with Crippen molar-refractivity contribution < 1.29 is 9.13 Å². The van der Waals surface area contributed by atoms with E-state index in [-0.39, 0.29) is 5.82 Å². The van der Waals surface area contributed by atoms with Crippen molar-refractivity contribution in [2.75, 3.05) is 7.05 Å². The van der Waals surface area contributed by atoms with Crippen molar-refractivity contribution in [1.29, 1.82) is 0 Å². The van der Waals surface area contributed by atoms with E-state index < -0.39 is 0 Å². The van der Waals surface area contributed by atoms with Crippen molar-refractivity contribution in [2.24, 2.45) is 0 Å². The molecule has 0 unspecified atom stereocenters. The van der Waals surface area contributed by atoms with Crippen LogP contribution in [0.5, 0.6) is 5.75 Å². The molecular weight excluding hydrogens is 321 g/mol. The maximum atomic E-state index is 13.2. The highest BCUT2D eigenvalue weighted by atomic mass is 79.9. The van der Waals surface area contributed by atoms with Gasteiger partial charge in [-0.1, -0.05) is 24.3 Å². The number of nitrogens with one attached hydrogen (secondary N) is 1. The van der Waals surface area contributed by atoms with E-state index in [1.54, 1.807) is 12.1 Å². The van der Waals surface area contributed by atoms with Gasteiger partial charge in [0.1, 0.15) is 18.2 Å². The van der Waals surface area contributed by atoms with Crippen molar-refractivity contribution in [3.05, 3.63) is 63.4 Å². The van der Waals surface area contributed by atoms with E-state index in [4.69, 9.17) is 4.74 Å². The molecule has 0 spiro atoms. The van der Waals surface area contributed by atoms with Crippen molar-refractivity contribution in [3.8, 4) is 5.75 Å². The normalized spacial score (nSPS) is 10.6. The number of aryl methyl sites for hydroxylation is 1. The second kappa shape index (κ2) is 6.86. The molecule has 0 heterocycles.